The van der Waals surface area contributed by atoms with E-state index < -0.39 is 10.8 Å². The Balaban J connectivity index is 1.71. The molecule has 1 aromatic rings. The fourth-order valence-corrected chi connectivity index (χ4v) is 2.67. The van der Waals surface area contributed by atoms with E-state index in [9.17, 15) is 14.9 Å². The van der Waals surface area contributed by atoms with Crippen LogP contribution < -0.4 is 5.43 Å². The molecular weight excluding hydrogens is 258 g/mol. The number of hydrogen-bond donors (Lipinski definition) is 1. The Kier molecular flexibility index (Phi) is 3.06. The number of nitrogens with zero attached hydrogens (tertiary/aromatic N) is 2. The molecule has 2 aliphatic rings. The fraction of sp³-hybridized carbons (Fsp3) is 0.286. The third-order valence-electron chi connectivity index (χ3n) is 3.81. The monoisotopic (exact) mass is 271 g/mol. The molecular formula is C14H13N3O3. The molecule has 2 unspecified atom stereocenters. The van der Waals surface area contributed by atoms with E-state index in [1.165, 1.54) is 18.2 Å². The second-order valence-electron chi connectivity index (χ2n) is 4.96. The van der Waals surface area contributed by atoms with Crippen molar-refractivity contribution in [3.63, 3.8) is 0 Å². The van der Waals surface area contributed by atoms with E-state index in [4.69, 9.17) is 0 Å². The molecule has 1 saturated carbocycles. The zero-order valence-electron chi connectivity index (χ0n) is 10.7. The Bertz CT molecular complexity index is 636. The summed E-state index contributed by atoms with van der Waals surface area (Å²) in [6.45, 7) is 0. The highest BCUT2D eigenvalue weighted by Gasteiger charge is 2.38. The fourth-order valence-electron chi connectivity index (χ4n) is 2.67. The van der Waals surface area contributed by atoms with E-state index in [-0.39, 0.29) is 11.3 Å². The standard InChI is InChI=1S/C14H13N3O3/c18-14(11-5-1-2-7-13(11)17(19)20)16-15-12-8-9-4-3-6-10(9)12/h1-5,7,9-10H,6,8H2,(H,16,18). The van der Waals surface area contributed by atoms with Gasteiger partial charge in [0.25, 0.3) is 11.6 Å². The molecule has 1 fully saturated rings. The van der Waals surface area contributed by atoms with Crippen LogP contribution in [-0.4, -0.2) is 16.5 Å². The Morgan fingerprint density at radius 1 is 1.40 bits per heavy atom. The first-order valence-corrected chi connectivity index (χ1v) is 6.43. The van der Waals surface area contributed by atoms with Crippen molar-refractivity contribution in [2.75, 3.05) is 0 Å². The van der Waals surface area contributed by atoms with Crippen molar-refractivity contribution < 1.29 is 9.72 Å². The quantitative estimate of drug-likeness (QED) is 0.520. The molecule has 0 radical (unpaired) electrons. The summed E-state index contributed by atoms with van der Waals surface area (Å²) in [5.41, 5.74) is 3.21. The number of carbonyl (C=O) groups is 1. The van der Waals surface area contributed by atoms with Crippen molar-refractivity contribution in [2.45, 2.75) is 12.8 Å². The molecule has 0 spiro atoms. The molecule has 3 rings (SSSR count). The molecule has 1 amide bonds. The number of hydrazone groups is 1. The number of rotatable bonds is 3. The number of nitro benzene ring substituents is 1. The largest absolute Gasteiger partial charge is 0.282 e. The normalized spacial score (nSPS) is 25.1. The summed E-state index contributed by atoms with van der Waals surface area (Å²) in [5.74, 6) is 0.414. The highest BCUT2D eigenvalue weighted by Crippen LogP contribution is 2.40. The maximum atomic E-state index is 12.0. The Morgan fingerprint density at radius 3 is 2.95 bits per heavy atom. The lowest BCUT2D eigenvalue weighted by atomic mass is 9.74. The van der Waals surface area contributed by atoms with Gasteiger partial charge in [-0.2, -0.15) is 5.10 Å². The van der Waals surface area contributed by atoms with Crippen LogP contribution in [0.3, 0.4) is 0 Å². The van der Waals surface area contributed by atoms with Crippen LogP contribution in [0.4, 0.5) is 5.69 Å². The topological polar surface area (TPSA) is 84.6 Å². The van der Waals surface area contributed by atoms with Gasteiger partial charge in [0.05, 0.1) is 4.92 Å². The number of amides is 1. The molecule has 0 aliphatic heterocycles. The summed E-state index contributed by atoms with van der Waals surface area (Å²) in [5, 5.41) is 15.0. The number of allylic oxidation sites excluding steroid dienone is 2. The SMILES string of the molecule is O=C(NN=C1CC2C=CCC12)c1ccccc1[N+](=O)[O-]. The minimum atomic E-state index is -0.567. The summed E-state index contributed by atoms with van der Waals surface area (Å²) in [7, 11) is 0. The van der Waals surface area contributed by atoms with Gasteiger partial charge in [-0.25, -0.2) is 5.43 Å². The van der Waals surface area contributed by atoms with Crippen LogP contribution in [0, 0.1) is 22.0 Å². The average Bonchev–Trinajstić information content (AvgIpc) is 2.80. The number of nitro groups is 1. The summed E-state index contributed by atoms with van der Waals surface area (Å²) in [4.78, 5) is 22.3. The molecule has 2 aliphatic carbocycles. The van der Waals surface area contributed by atoms with E-state index >= 15 is 0 Å². The van der Waals surface area contributed by atoms with Crippen LogP contribution in [0.25, 0.3) is 0 Å². The Morgan fingerprint density at radius 2 is 2.20 bits per heavy atom. The first kappa shape index (κ1) is 12.5. The van der Waals surface area contributed by atoms with E-state index in [0.717, 1.165) is 18.6 Å². The zero-order valence-corrected chi connectivity index (χ0v) is 10.7. The van der Waals surface area contributed by atoms with Crippen molar-refractivity contribution in [2.24, 2.45) is 16.9 Å². The van der Waals surface area contributed by atoms with Gasteiger partial charge in [0.1, 0.15) is 5.56 Å². The van der Waals surface area contributed by atoms with Gasteiger partial charge >= 0.3 is 0 Å². The lowest BCUT2D eigenvalue weighted by Crippen LogP contribution is -2.35. The number of para-hydroxylation sites is 1. The molecule has 20 heavy (non-hydrogen) atoms. The molecule has 0 heterocycles. The van der Waals surface area contributed by atoms with Crippen molar-refractivity contribution in [3.8, 4) is 0 Å². The predicted molar refractivity (Wildman–Crippen MR) is 73.4 cm³/mol. The van der Waals surface area contributed by atoms with Crippen LogP contribution in [0.5, 0.6) is 0 Å². The van der Waals surface area contributed by atoms with Crippen molar-refractivity contribution >= 4 is 17.3 Å². The van der Waals surface area contributed by atoms with Gasteiger partial charge in [0, 0.05) is 17.7 Å². The van der Waals surface area contributed by atoms with Gasteiger partial charge in [-0.05, 0) is 24.8 Å². The van der Waals surface area contributed by atoms with Crippen LogP contribution in [0.1, 0.15) is 23.2 Å². The summed E-state index contributed by atoms with van der Waals surface area (Å²) in [6, 6.07) is 5.85. The van der Waals surface area contributed by atoms with Crippen LogP contribution in [0.2, 0.25) is 0 Å². The van der Waals surface area contributed by atoms with E-state index in [0.29, 0.717) is 11.8 Å². The molecule has 6 nitrogen and oxygen atoms in total. The Labute approximate surface area is 115 Å². The van der Waals surface area contributed by atoms with E-state index in [2.05, 4.69) is 22.7 Å². The van der Waals surface area contributed by atoms with Gasteiger partial charge in [0.2, 0.25) is 0 Å². The maximum absolute atomic E-state index is 12.0. The zero-order chi connectivity index (χ0) is 14.1. The molecule has 2 atom stereocenters. The first-order chi connectivity index (χ1) is 9.66. The molecule has 6 heteroatoms. The molecule has 0 bridgehead atoms. The number of nitrogens with one attached hydrogen (secondary N) is 1. The molecule has 0 aromatic heterocycles. The maximum Gasteiger partial charge on any atom is 0.282 e. The molecule has 102 valence electrons. The number of fused-ring (bicyclic) bond motifs is 1. The third-order valence-corrected chi connectivity index (χ3v) is 3.81. The smallest absolute Gasteiger partial charge is 0.267 e. The lowest BCUT2D eigenvalue weighted by molar-refractivity contribution is -0.385. The van der Waals surface area contributed by atoms with Gasteiger partial charge in [-0.15, -0.1) is 0 Å². The van der Waals surface area contributed by atoms with E-state index in [1.54, 1.807) is 6.07 Å². The van der Waals surface area contributed by atoms with Crippen LogP contribution in [0.15, 0.2) is 41.5 Å². The van der Waals surface area contributed by atoms with Gasteiger partial charge < -0.3 is 0 Å². The highest BCUT2D eigenvalue weighted by atomic mass is 16.6. The minimum Gasteiger partial charge on any atom is -0.267 e. The first-order valence-electron chi connectivity index (χ1n) is 6.43. The van der Waals surface area contributed by atoms with E-state index in [1.807, 2.05) is 0 Å². The van der Waals surface area contributed by atoms with Crippen LogP contribution >= 0.6 is 0 Å². The van der Waals surface area contributed by atoms with Gasteiger partial charge in [-0.1, -0.05) is 24.3 Å². The van der Waals surface area contributed by atoms with Crippen molar-refractivity contribution in [1.82, 2.24) is 5.43 Å². The van der Waals surface area contributed by atoms with Crippen LogP contribution in [-0.2, 0) is 0 Å². The predicted octanol–water partition coefficient (Wildman–Crippen LogP) is 2.28. The van der Waals surface area contributed by atoms with Crippen molar-refractivity contribution in [3.05, 3.63) is 52.1 Å². The number of hydrogen-bond acceptors (Lipinski definition) is 4. The molecule has 1 aromatic carbocycles. The van der Waals surface area contributed by atoms with Crippen molar-refractivity contribution in [1.29, 1.82) is 0 Å². The number of carbonyl (C=O) groups excluding carboxylic acids is 1. The average molecular weight is 271 g/mol. The molecule has 0 saturated heterocycles. The van der Waals surface area contributed by atoms with Gasteiger partial charge in [0.15, 0.2) is 0 Å². The second kappa shape index (κ2) is 4.88. The lowest BCUT2D eigenvalue weighted by Gasteiger charge is -2.31. The van der Waals surface area contributed by atoms with Gasteiger partial charge in [-0.3, -0.25) is 14.9 Å². The molecule has 1 N–H and O–H groups in total. The highest BCUT2D eigenvalue weighted by molar-refractivity contribution is 6.00. The number of benzene rings is 1. The third kappa shape index (κ3) is 2.09. The Hall–Kier alpha value is -2.50. The minimum absolute atomic E-state index is 0.0299. The summed E-state index contributed by atoms with van der Waals surface area (Å²) < 4.78 is 0. The summed E-state index contributed by atoms with van der Waals surface area (Å²) in [6.07, 6.45) is 6.12. The summed E-state index contributed by atoms with van der Waals surface area (Å²) >= 11 is 0. The second-order valence-corrected chi connectivity index (χ2v) is 4.96.